The number of aliphatic hydroxyl groups excluding tert-OH is 1. The van der Waals surface area contributed by atoms with E-state index in [4.69, 9.17) is 11.5 Å². The van der Waals surface area contributed by atoms with Gasteiger partial charge in [0.15, 0.2) is 0 Å². The highest BCUT2D eigenvalue weighted by molar-refractivity contribution is 7.89. The molecule has 1 fully saturated rings. The Balaban J connectivity index is 1.92. The molecule has 0 radical (unpaired) electrons. The first-order valence-corrected chi connectivity index (χ1v) is 13.6. The summed E-state index contributed by atoms with van der Waals surface area (Å²) >= 11 is 0. The highest BCUT2D eigenvalue weighted by atomic mass is 32.2. The lowest BCUT2D eigenvalue weighted by Crippen LogP contribution is -2.45. The highest BCUT2D eigenvalue weighted by Crippen LogP contribution is 2.27. The molecule has 33 heavy (non-hydrogen) atoms. The summed E-state index contributed by atoms with van der Waals surface area (Å²) < 4.78 is 27.9. The fourth-order valence-electron chi connectivity index (χ4n) is 4.47. The quantitative estimate of drug-likeness (QED) is 0.252. The van der Waals surface area contributed by atoms with Crippen molar-refractivity contribution < 1.29 is 18.3 Å². The molecular weight excluding hydrogens is 440 g/mol. The number of benzene rings is 1. The van der Waals surface area contributed by atoms with Gasteiger partial charge in [0.25, 0.3) is 0 Å². The van der Waals surface area contributed by atoms with Gasteiger partial charge in [0.05, 0.1) is 17.5 Å². The minimum Gasteiger partial charge on any atom is -0.399 e. The lowest BCUT2D eigenvalue weighted by molar-refractivity contribution is -0.122. The summed E-state index contributed by atoms with van der Waals surface area (Å²) in [4.78, 5) is 12.5. The maximum absolute atomic E-state index is 13.3. The molecule has 9 heteroatoms. The van der Waals surface area contributed by atoms with Crippen molar-refractivity contribution >= 4 is 21.6 Å². The number of anilines is 1. The van der Waals surface area contributed by atoms with E-state index in [9.17, 15) is 18.3 Å². The SMILES string of the molecule is CC(C)CN(C(CO)CCCNC(=O)[C@@H](N)CC1CCCCC1)S(=O)(=O)c1ccc(N)cc1. The van der Waals surface area contributed by atoms with Crippen LogP contribution in [0.25, 0.3) is 0 Å². The third-order valence-electron chi connectivity index (χ3n) is 6.31. The normalized spacial score (nSPS) is 17.3. The van der Waals surface area contributed by atoms with E-state index in [1.165, 1.54) is 35.7 Å². The minimum atomic E-state index is -3.80. The second-order valence-corrected chi connectivity index (χ2v) is 11.5. The molecule has 1 saturated carbocycles. The number of sulfonamides is 1. The van der Waals surface area contributed by atoms with Gasteiger partial charge < -0.3 is 21.9 Å². The van der Waals surface area contributed by atoms with E-state index in [2.05, 4.69) is 5.32 Å². The lowest BCUT2D eigenvalue weighted by Gasteiger charge is -2.31. The van der Waals surface area contributed by atoms with Gasteiger partial charge >= 0.3 is 0 Å². The zero-order valence-corrected chi connectivity index (χ0v) is 20.9. The maximum atomic E-state index is 13.3. The van der Waals surface area contributed by atoms with Crippen molar-refractivity contribution in [2.75, 3.05) is 25.4 Å². The van der Waals surface area contributed by atoms with Crippen molar-refractivity contribution in [3.8, 4) is 0 Å². The molecule has 1 aliphatic carbocycles. The van der Waals surface area contributed by atoms with E-state index < -0.39 is 22.1 Å². The number of hydrogen-bond acceptors (Lipinski definition) is 6. The molecule has 1 aromatic rings. The van der Waals surface area contributed by atoms with Gasteiger partial charge in [-0.3, -0.25) is 4.79 Å². The van der Waals surface area contributed by atoms with Gasteiger partial charge in [0, 0.05) is 24.8 Å². The molecule has 0 saturated heterocycles. The maximum Gasteiger partial charge on any atom is 0.243 e. The number of hydrogen-bond donors (Lipinski definition) is 4. The third-order valence-corrected chi connectivity index (χ3v) is 8.24. The summed E-state index contributed by atoms with van der Waals surface area (Å²) in [6.07, 6.45) is 7.68. The average Bonchev–Trinajstić information content (AvgIpc) is 2.78. The van der Waals surface area contributed by atoms with Crippen molar-refractivity contribution in [3.63, 3.8) is 0 Å². The minimum absolute atomic E-state index is 0.0834. The number of nitrogens with two attached hydrogens (primary N) is 2. The number of carbonyl (C=O) groups is 1. The highest BCUT2D eigenvalue weighted by Gasteiger charge is 2.31. The van der Waals surface area contributed by atoms with E-state index >= 15 is 0 Å². The van der Waals surface area contributed by atoms with Crippen LogP contribution in [-0.2, 0) is 14.8 Å². The van der Waals surface area contributed by atoms with Crippen LogP contribution in [-0.4, -0.2) is 55.5 Å². The number of amides is 1. The average molecular weight is 483 g/mol. The largest absolute Gasteiger partial charge is 0.399 e. The van der Waals surface area contributed by atoms with Crippen LogP contribution in [0.4, 0.5) is 5.69 Å². The molecule has 6 N–H and O–H groups in total. The van der Waals surface area contributed by atoms with Crippen LogP contribution in [0.3, 0.4) is 0 Å². The Hall–Kier alpha value is -1.68. The molecule has 0 aromatic heterocycles. The van der Waals surface area contributed by atoms with Gasteiger partial charge in [-0.2, -0.15) is 4.31 Å². The Morgan fingerprint density at radius 1 is 1.18 bits per heavy atom. The number of carbonyl (C=O) groups excluding carboxylic acids is 1. The summed E-state index contributed by atoms with van der Waals surface area (Å²) in [5.74, 6) is 0.455. The first-order chi connectivity index (χ1) is 15.6. The number of aliphatic hydroxyl groups is 1. The van der Waals surface area contributed by atoms with Crippen LogP contribution in [0.5, 0.6) is 0 Å². The molecule has 1 unspecified atom stereocenters. The van der Waals surface area contributed by atoms with Crippen LogP contribution in [0, 0.1) is 11.8 Å². The van der Waals surface area contributed by atoms with Gasteiger partial charge in [0.1, 0.15) is 0 Å². The van der Waals surface area contributed by atoms with E-state index in [0.717, 1.165) is 12.8 Å². The second kappa shape index (κ2) is 13.3. The van der Waals surface area contributed by atoms with Crippen LogP contribution in [0.1, 0.15) is 65.2 Å². The van der Waals surface area contributed by atoms with E-state index in [0.29, 0.717) is 37.4 Å². The van der Waals surface area contributed by atoms with E-state index in [1.807, 2.05) is 13.8 Å². The molecule has 0 bridgehead atoms. The Morgan fingerprint density at radius 3 is 2.39 bits per heavy atom. The molecular formula is C24H42N4O4S. The number of nitrogen functional groups attached to an aromatic ring is 1. The zero-order chi connectivity index (χ0) is 24.4. The molecule has 0 heterocycles. The zero-order valence-electron chi connectivity index (χ0n) is 20.1. The van der Waals surface area contributed by atoms with Crippen molar-refractivity contribution in [1.82, 2.24) is 9.62 Å². The smallest absolute Gasteiger partial charge is 0.243 e. The van der Waals surface area contributed by atoms with Gasteiger partial charge in [-0.25, -0.2) is 8.42 Å². The third kappa shape index (κ3) is 8.55. The molecule has 0 aliphatic heterocycles. The van der Waals surface area contributed by atoms with Gasteiger partial charge in [0.2, 0.25) is 15.9 Å². The molecule has 2 atom stereocenters. The van der Waals surface area contributed by atoms with Gasteiger partial charge in [-0.1, -0.05) is 46.0 Å². The molecule has 188 valence electrons. The summed E-state index contributed by atoms with van der Waals surface area (Å²) in [7, 11) is -3.80. The molecule has 0 spiro atoms. The predicted octanol–water partition coefficient (Wildman–Crippen LogP) is 2.47. The number of rotatable bonds is 13. The van der Waals surface area contributed by atoms with Crippen LogP contribution < -0.4 is 16.8 Å². The molecule has 2 rings (SSSR count). The Kier molecular flexibility index (Phi) is 11.1. The second-order valence-electron chi connectivity index (χ2n) is 9.65. The summed E-state index contributed by atoms with van der Waals surface area (Å²) in [5, 5.41) is 12.9. The molecule has 1 aromatic carbocycles. The predicted molar refractivity (Wildman–Crippen MR) is 132 cm³/mol. The summed E-state index contributed by atoms with van der Waals surface area (Å²) in [5.41, 5.74) is 12.3. The first-order valence-electron chi connectivity index (χ1n) is 12.2. The standard InChI is InChI=1S/C24H42N4O4S/c1-18(2)16-28(33(31,32)22-12-10-20(25)11-13-22)21(17-29)9-6-14-27-24(30)23(26)15-19-7-4-3-5-8-19/h10-13,18-19,21,23,29H,3-9,14-17,25-26H2,1-2H3,(H,27,30)/t21?,23-/m0/s1. The van der Waals surface area contributed by atoms with Crippen LogP contribution in [0.15, 0.2) is 29.2 Å². The van der Waals surface area contributed by atoms with Crippen molar-refractivity contribution in [2.45, 2.75) is 82.2 Å². The van der Waals surface area contributed by atoms with Crippen molar-refractivity contribution in [2.24, 2.45) is 17.6 Å². The molecule has 1 aliphatic rings. The monoisotopic (exact) mass is 482 g/mol. The van der Waals surface area contributed by atoms with E-state index in [1.54, 1.807) is 12.1 Å². The topological polar surface area (TPSA) is 139 Å². The van der Waals surface area contributed by atoms with Gasteiger partial charge in [-0.05, 0) is 55.4 Å². The molecule has 1 amide bonds. The van der Waals surface area contributed by atoms with Crippen molar-refractivity contribution in [3.05, 3.63) is 24.3 Å². The number of nitrogens with one attached hydrogen (secondary N) is 1. The first kappa shape index (κ1) is 27.6. The van der Waals surface area contributed by atoms with Gasteiger partial charge in [-0.15, -0.1) is 0 Å². The fraction of sp³-hybridized carbons (Fsp3) is 0.708. The van der Waals surface area contributed by atoms with Crippen LogP contribution >= 0.6 is 0 Å². The Bertz CT molecular complexity index is 823. The van der Waals surface area contributed by atoms with Crippen LogP contribution in [0.2, 0.25) is 0 Å². The molecule has 8 nitrogen and oxygen atoms in total. The van der Waals surface area contributed by atoms with Crippen molar-refractivity contribution in [1.29, 1.82) is 0 Å². The number of nitrogens with zero attached hydrogens (tertiary/aromatic N) is 1. The fourth-order valence-corrected chi connectivity index (χ4v) is 6.28. The lowest BCUT2D eigenvalue weighted by atomic mass is 9.85. The Morgan fingerprint density at radius 2 is 1.82 bits per heavy atom. The summed E-state index contributed by atoms with van der Waals surface area (Å²) in [6, 6.07) is 5.00. The Labute approximate surface area is 199 Å². The van der Waals surface area contributed by atoms with E-state index in [-0.39, 0.29) is 29.9 Å². The summed E-state index contributed by atoms with van der Waals surface area (Å²) in [6.45, 7) is 4.26.